The minimum Gasteiger partial charge on any atom is -0.446 e. The number of nitrogens with zero attached hydrogens (tertiary/aromatic N) is 4. The van der Waals surface area contributed by atoms with Crippen LogP contribution in [0.25, 0.3) is 33.1 Å². The molecule has 0 radical (unpaired) electrons. The first-order valence-electron chi connectivity index (χ1n) is 8.71. The Bertz CT molecular complexity index is 1420. The number of pyridine rings is 2. The summed E-state index contributed by atoms with van der Waals surface area (Å²) in [6.45, 7) is -0.277. The number of furan rings is 1. The van der Waals surface area contributed by atoms with Gasteiger partial charge in [0.05, 0.1) is 36.2 Å². The molecule has 0 spiro atoms. The van der Waals surface area contributed by atoms with Crippen LogP contribution in [0.4, 0.5) is 8.78 Å². The van der Waals surface area contributed by atoms with Gasteiger partial charge in [-0.25, -0.2) is 18.7 Å². The van der Waals surface area contributed by atoms with Crippen molar-refractivity contribution in [3.05, 3.63) is 89.1 Å². The van der Waals surface area contributed by atoms with Crippen LogP contribution in [0, 0.1) is 11.6 Å². The second kappa shape index (κ2) is 6.59. The van der Waals surface area contributed by atoms with E-state index in [1.54, 1.807) is 12.1 Å². The predicted octanol–water partition coefficient (Wildman–Crippen LogP) is 3.93. The third kappa shape index (κ3) is 2.94. The fourth-order valence-corrected chi connectivity index (χ4v) is 3.23. The zero-order valence-electron chi connectivity index (χ0n) is 14.8. The molecule has 0 fully saturated rings. The molecule has 0 aliphatic carbocycles. The Kier molecular flexibility index (Phi) is 3.90. The van der Waals surface area contributed by atoms with Crippen LogP contribution in [0.1, 0.15) is 5.56 Å². The first kappa shape index (κ1) is 17.2. The summed E-state index contributed by atoms with van der Waals surface area (Å²) in [6, 6.07) is 7.44. The van der Waals surface area contributed by atoms with E-state index < -0.39 is 17.2 Å². The van der Waals surface area contributed by atoms with Gasteiger partial charge in [0.25, 0.3) is 5.56 Å². The van der Waals surface area contributed by atoms with Crippen LogP contribution >= 0.6 is 0 Å². The van der Waals surface area contributed by atoms with Crippen molar-refractivity contribution in [2.45, 2.75) is 6.54 Å². The molecule has 6 nitrogen and oxygen atoms in total. The number of hydrogen-bond acceptors (Lipinski definition) is 5. The first-order chi connectivity index (χ1) is 14.1. The van der Waals surface area contributed by atoms with Gasteiger partial charge in [0.1, 0.15) is 11.6 Å². The van der Waals surface area contributed by atoms with Crippen molar-refractivity contribution in [3.8, 4) is 11.1 Å². The van der Waals surface area contributed by atoms with Crippen LogP contribution in [0.3, 0.4) is 0 Å². The predicted molar refractivity (Wildman–Crippen MR) is 102 cm³/mol. The SMILES string of the molecule is O=c1c2ccncc2ncn1Cc1c(F)cc(-c2cnc3occc3c2)cc1F. The summed E-state index contributed by atoms with van der Waals surface area (Å²) in [5, 5.41) is 1.06. The molecule has 8 heteroatoms. The fourth-order valence-electron chi connectivity index (χ4n) is 3.23. The van der Waals surface area contributed by atoms with Crippen LogP contribution < -0.4 is 5.56 Å². The van der Waals surface area contributed by atoms with Crippen molar-refractivity contribution < 1.29 is 13.2 Å². The lowest BCUT2D eigenvalue weighted by Crippen LogP contribution is -2.22. The standard InChI is InChI=1S/C21H12F2N4O2/c22-17-6-13(14-5-12-2-4-29-20(12)25-8-14)7-18(23)16(17)10-27-11-26-19-9-24-3-1-15(19)21(27)28/h1-9,11H,10H2. The molecular weight excluding hydrogens is 378 g/mol. The molecule has 0 N–H and O–H groups in total. The normalized spacial score (nSPS) is 11.4. The number of benzene rings is 1. The Morgan fingerprint density at radius 3 is 2.66 bits per heavy atom. The van der Waals surface area contributed by atoms with Crippen molar-refractivity contribution in [1.29, 1.82) is 0 Å². The van der Waals surface area contributed by atoms with E-state index >= 15 is 0 Å². The van der Waals surface area contributed by atoms with Gasteiger partial charge in [-0.3, -0.25) is 14.3 Å². The largest absolute Gasteiger partial charge is 0.446 e. The molecule has 1 aromatic carbocycles. The van der Waals surface area contributed by atoms with E-state index in [1.807, 2.05) is 0 Å². The molecule has 0 atom stereocenters. The summed E-state index contributed by atoms with van der Waals surface area (Å²) in [6.07, 6.45) is 7.18. The lowest BCUT2D eigenvalue weighted by atomic mass is 10.0. The van der Waals surface area contributed by atoms with Gasteiger partial charge in [-0.05, 0) is 35.9 Å². The maximum Gasteiger partial charge on any atom is 0.261 e. The van der Waals surface area contributed by atoms with Gasteiger partial charge in [-0.1, -0.05) is 0 Å². The molecule has 5 aromatic rings. The van der Waals surface area contributed by atoms with Gasteiger partial charge in [-0.15, -0.1) is 0 Å². The van der Waals surface area contributed by atoms with Crippen LogP contribution in [0.2, 0.25) is 0 Å². The minimum absolute atomic E-state index is 0.219. The molecule has 5 rings (SSSR count). The fraction of sp³-hybridized carbons (Fsp3) is 0.0476. The molecule has 0 aliphatic heterocycles. The molecule has 0 amide bonds. The average Bonchev–Trinajstić information content (AvgIpc) is 3.20. The lowest BCUT2D eigenvalue weighted by Gasteiger charge is -2.11. The minimum atomic E-state index is -0.756. The molecule has 0 saturated carbocycles. The van der Waals surface area contributed by atoms with Crippen molar-refractivity contribution in [2.24, 2.45) is 0 Å². The van der Waals surface area contributed by atoms with Gasteiger partial charge in [0.15, 0.2) is 0 Å². The molecule has 142 valence electrons. The van der Waals surface area contributed by atoms with Gasteiger partial charge < -0.3 is 4.42 Å². The van der Waals surface area contributed by atoms with Crippen molar-refractivity contribution in [2.75, 3.05) is 0 Å². The molecule has 29 heavy (non-hydrogen) atoms. The van der Waals surface area contributed by atoms with E-state index in [9.17, 15) is 13.6 Å². The summed E-state index contributed by atoms with van der Waals surface area (Å²) in [5.41, 5.74) is 1.16. The maximum absolute atomic E-state index is 14.8. The quantitative estimate of drug-likeness (QED) is 0.467. The average molecular weight is 390 g/mol. The van der Waals surface area contributed by atoms with E-state index in [1.165, 1.54) is 53.9 Å². The number of aromatic nitrogens is 4. The van der Waals surface area contributed by atoms with E-state index in [0.717, 1.165) is 5.39 Å². The Hall–Kier alpha value is -3.94. The third-order valence-electron chi connectivity index (χ3n) is 4.74. The summed E-state index contributed by atoms with van der Waals surface area (Å²) in [4.78, 5) is 24.7. The van der Waals surface area contributed by atoms with Crippen LogP contribution in [-0.2, 0) is 6.54 Å². The monoisotopic (exact) mass is 390 g/mol. The summed E-state index contributed by atoms with van der Waals surface area (Å²) < 4.78 is 35.9. The summed E-state index contributed by atoms with van der Waals surface area (Å²) in [5.74, 6) is -1.51. The van der Waals surface area contributed by atoms with E-state index in [4.69, 9.17) is 4.42 Å². The first-order valence-corrected chi connectivity index (χ1v) is 8.71. The highest BCUT2D eigenvalue weighted by Crippen LogP contribution is 2.27. The molecule has 0 unspecified atom stereocenters. The topological polar surface area (TPSA) is 73.8 Å². The van der Waals surface area contributed by atoms with E-state index in [2.05, 4.69) is 15.0 Å². The number of halogens is 2. The summed E-state index contributed by atoms with van der Waals surface area (Å²) >= 11 is 0. The third-order valence-corrected chi connectivity index (χ3v) is 4.74. The molecular formula is C21H12F2N4O2. The Morgan fingerprint density at radius 1 is 1.00 bits per heavy atom. The zero-order valence-corrected chi connectivity index (χ0v) is 14.8. The zero-order chi connectivity index (χ0) is 20.0. The molecule has 0 bridgehead atoms. The highest BCUT2D eigenvalue weighted by atomic mass is 19.1. The molecule has 4 heterocycles. The second-order valence-corrected chi connectivity index (χ2v) is 6.53. The maximum atomic E-state index is 14.8. The second-order valence-electron chi connectivity index (χ2n) is 6.53. The highest BCUT2D eigenvalue weighted by molar-refractivity contribution is 5.80. The van der Waals surface area contributed by atoms with Crippen LogP contribution in [0.5, 0.6) is 0 Å². The van der Waals surface area contributed by atoms with Crippen LogP contribution in [0.15, 0.2) is 70.7 Å². The van der Waals surface area contributed by atoms with Gasteiger partial charge in [0.2, 0.25) is 5.71 Å². The van der Waals surface area contributed by atoms with Gasteiger partial charge in [-0.2, -0.15) is 0 Å². The van der Waals surface area contributed by atoms with E-state index in [0.29, 0.717) is 27.7 Å². The van der Waals surface area contributed by atoms with E-state index in [-0.39, 0.29) is 12.1 Å². The smallest absolute Gasteiger partial charge is 0.261 e. The lowest BCUT2D eigenvalue weighted by molar-refractivity contribution is 0.541. The Balaban J connectivity index is 1.55. The number of fused-ring (bicyclic) bond motifs is 2. The van der Waals surface area contributed by atoms with Gasteiger partial charge >= 0.3 is 0 Å². The summed E-state index contributed by atoms with van der Waals surface area (Å²) in [7, 11) is 0. The van der Waals surface area contributed by atoms with Crippen LogP contribution in [-0.4, -0.2) is 19.5 Å². The highest BCUT2D eigenvalue weighted by Gasteiger charge is 2.15. The number of rotatable bonds is 3. The van der Waals surface area contributed by atoms with Gasteiger partial charge in [0, 0.05) is 28.9 Å². The van der Waals surface area contributed by atoms with Crippen molar-refractivity contribution in [1.82, 2.24) is 19.5 Å². The molecule has 0 saturated heterocycles. The Morgan fingerprint density at radius 2 is 1.83 bits per heavy atom. The number of hydrogen-bond donors (Lipinski definition) is 0. The van der Waals surface area contributed by atoms with Crippen molar-refractivity contribution >= 4 is 22.0 Å². The Labute approximate surface area is 162 Å². The molecule has 0 aliphatic rings. The van der Waals surface area contributed by atoms with Crippen molar-refractivity contribution in [3.63, 3.8) is 0 Å². The molecule has 4 aromatic heterocycles.